The van der Waals surface area contributed by atoms with Gasteiger partial charge in [0.25, 0.3) is 0 Å². The van der Waals surface area contributed by atoms with Crippen LogP contribution in [-0.2, 0) is 9.53 Å². The average molecular weight is 232 g/mol. The van der Waals surface area contributed by atoms with E-state index < -0.39 is 0 Å². The molecule has 0 aromatic heterocycles. The zero-order chi connectivity index (χ0) is 12.5. The lowest BCUT2D eigenvalue weighted by Gasteiger charge is -2.05. The molecule has 0 heterocycles. The summed E-state index contributed by atoms with van der Waals surface area (Å²) in [5, 5.41) is 11.4. The maximum absolute atomic E-state index is 11.5. The summed E-state index contributed by atoms with van der Waals surface area (Å²) < 4.78 is 5.22. The van der Waals surface area contributed by atoms with E-state index >= 15 is 0 Å². The van der Waals surface area contributed by atoms with Gasteiger partial charge in [-0.1, -0.05) is 6.92 Å². The molecular formula is C13H16N2O2. The molecule has 1 rings (SSSR count). The zero-order valence-electron chi connectivity index (χ0n) is 9.90. The highest BCUT2D eigenvalue weighted by Gasteiger charge is 2.02. The van der Waals surface area contributed by atoms with E-state index in [1.807, 2.05) is 13.0 Å². The van der Waals surface area contributed by atoms with Crippen LogP contribution in [0.4, 0.5) is 5.69 Å². The summed E-state index contributed by atoms with van der Waals surface area (Å²) >= 11 is 0. The van der Waals surface area contributed by atoms with Crippen LogP contribution in [0.1, 0.15) is 25.3 Å². The minimum absolute atomic E-state index is 0.0780. The van der Waals surface area contributed by atoms with Crippen LogP contribution in [0.2, 0.25) is 0 Å². The summed E-state index contributed by atoms with van der Waals surface area (Å²) in [7, 11) is 0. The molecule has 1 aromatic rings. The Hall–Kier alpha value is -1.86. The molecule has 0 radical (unpaired) electrons. The van der Waals surface area contributed by atoms with Crippen LogP contribution in [-0.4, -0.2) is 19.1 Å². The lowest BCUT2D eigenvalue weighted by Crippen LogP contribution is -2.14. The minimum atomic E-state index is -0.0780. The van der Waals surface area contributed by atoms with Crippen LogP contribution in [0.25, 0.3) is 0 Å². The summed E-state index contributed by atoms with van der Waals surface area (Å²) in [6, 6.07) is 8.79. The van der Waals surface area contributed by atoms with Crippen molar-refractivity contribution < 1.29 is 9.53 Å². The van der Waals surface area contributed by atoms with Gasteiger partial charge in [-0.15, -0.1) is 0 Å². The first-order chi connectivity index (χ1) is 8.26. The van der Waals surface area contributed by atoms with E-state index in [-0.39, 0.29) is 5.91 Å². The van der Waals surface area contributed by atoms with Gasteiger partial charge in [-0.25, -0.2) is 0 Å². The van der Waals surface area contributed by atoms with Gasteiger partial charge in [-0.2, -0.15) is 5.26 Å². The number of anilines is 1. The van der Waals surface area contributed by atoms with E-state index in [1.54, 1.807) is 24.3 Å². The first-order valence-corrected chi connectivity index (χ1v) is 5.64. The molecule has 1 aromatic carbocycles. The van der Waals surface area contributed by atoms with Crippen LogP contribution < -0.4 is 5.32 Å². The molecule has 0 saturated heterocycles. The second-order valence-electron chi connectivity index (χ2n) is 3.60. The molecule has 17 heavy (non-hydrogen) atoms. The highest BCUT2D eigenvalue weighted by molar-refractivity contribution is 5.90. The fourth-order valence-corrected chi connectivity index (χ4v) is 1.26. The lowest BCUT2D eigenvalue weighted by atomic mass is 10.2. The van der Waals surface area contributed by atoms with E-state index in [1.165, 1.54) is 0 Å². The van der Waals surface area contributed by atoms with Gasteiger partial charge in [0.1, 0.15) is 0 Å². The Bertz CT molecular complexity index is 393. The standard InChI is InChI=1S/C13H16N2O2/c1-2-8-17-9-7-13(16)15-12-5-3-11(10-14)4-6-12/h3-6H,2,7-9H2,1H3,(H,15,16). The maximum atomic E-state index is 11.5. The number of rotatable bonds is 6. The number of nitriles is 1. The highest BCUT2D eigenvalue weighted by Crippen LogP contribution is 2.08. The Morgan fingerprint density at radius 3 is 2.65 bits per heavy atom. The Labute approximate surface area is 101 Å². The minimum Gasteiger partial charge on any atom is -0.381 e. The van der Waals surface area contributed by atoms with Crippen molar-refractivity contribution in [3.63, 3.8) is 0 Å². The predicted molar refractivity (Wildman–Crippen MR) is 65.5 cm³/mol. The van der Waals surface area contributed by atoms with Gasteiger partial charge in [-0.3, -0.25) is 4.79 Å². The number of hydrogen-bond acceptors (Lipinski definition) is 3. The third-order valence-corrected chi connectivity index (χ3v) is 2.12. The molecule has 4 nitrogen and oxygen atoms in total. The average Bonchev–Trinajstić information content (AvgIpc) is 2.36. The Balaban J connectivity index is 2.32. The number of ether oxygens (including phenoxy) is 1. The second kappa shape index (κ2) is 7.42. The third-order valence-electron chi connectivity index (χ3n) is 2.12. The quantitative estimate of drug-likeness (QED) is 0.765. The number of nitrogens with zero attached hydrogens (tertiary/aromatic N) is 1. The monoisotopic (exact) mass is 232 g/mol. The summed E-state index contributed by atoms with van der Waals surface area (Å²) in [6.07, 6.45) is 1.30. The summed E-state index contributed by atoms with van der Waals surface area (Å²) in [5.41, 5.74) is 1.28. The summed E-state index contributed by atoms with van der Waals surface area (Å²) in [4.78, 5) is 11.5. The van der Waals surface area contributed by atoms with E-state index in [4.69, 9.17) is 10.00 Å². The van der Waals surface area contributed by atoms with Gasteiger partial charge < -0.3 is 10.1 Å². The smallest absolute Gasteiger partial charge is 0.226 e. The van der Waals surface area contributed by atoms with Gasteiger partial charge >= 0.3 is 0 Å². The van der Waals surface area contributed by atoms with Crippen molar-refractivity contribution >= 4 is 11.6 Å². The molecule has 0 spiro atoms. The van der Waals surface area contributed by atoms with Crippen molar-refractivity contribution in [1.82, 2.24) is 0 Å². The van der Waals surface area contributed by atoms with Gasteiger partial charge in [0.05, 0.1) is 24.7 Å². The molecule has 0 fully saturated rings. The first-order valence-electron chi connectivity index (χ1n) is 5.64. The molecule has 0 aliphatic carbocycles. The van der Waals surface area contributed by atoms with Crippen molar-refractivity contribution in [3.8, 4) is 6.07 Å². The number of benzene rings is 1. The second-order valence-corrected chi connectivity index (χ2v) is 3.60. The van der Waals surface area contributed by atoms with Gasteiger partial charge in [0.15, 0.2) is 0 Å². The van der Waals surface area contributed by atoms with Gasteiger partial charge in [0.2, 0.25) is 5.91 Å². The molecule has 0 bridgehead atoms. The molecule has 1 amide bonds. The number of carbonyl (C=O) groups is 1. The summed E-state index contributed by atoms with van der Waals surface area (Å²) in [6.45, 7) is 3.15. The van der Waals surface area contributed by atoms with Gasteiger partial charge in [0, 0.05) is 12.3 Å². The molecule has 0 saturated carbocycles. The first kappa shape index (κ1) is 13.2. The molecule has 1 N–H and O–H groups in total. The zero-order valence-corrected chi connectivity index (χ0v) is 9.90. The van der Waals surface area contributed by atoms with E-state index in [0.717, 1.165) is 6.42 Å². The van der Waals surface area contributed by atoms with Crippen LogP contribution in [0.15, 0.2) is 24.3 Å². The Morgan fingerprint density at radius 2 is 2.06 bits per heavy atom. The molecule has 0 unspecified atom stereocenters. The third kappa shape index (κ3) is 5.14. The fourth-order valence-electron chi connectivity index (χ4n) is 1.26. The van der Waals surface area contributed by atoms with Crippen LogP contribution in [0, 0.1) is 11.3 Å². The predicted octanol–water partition coefficient (Wildman–Crippen LogP) is 2.31. The highest BCUT2D eigenvalue weighted by atomic mass is 16.5. The largest absolute Gasteiger partial charge is 0.381 e. The molecule has 0 aliphatic rings. The van der Waals surface area contributed by atoms with Crippen molar-refractivity contribution in [1.29, 1.82) is 5.26 Å². The number of hydrogen-bond donors (Lipinski definition) is 1. The van der Waals surface area contributed by atoms with Crippen molar-refractivity contribution in [3.05, 3.63) is 29.8 Å². The van der Waals surface area contributed by atoms with E-state index in [9.17, 15) is 4.79 Å². The Kier molecular flexibility index (Phi) is 5.76. The lowest BCUT2D eigenvalue weighted by molar-refractivity contribution is -0.117. The van der Waals surface area contributed by atoms with Crippen molar-refractivity contribution in [2.24, 2.45) is 0 Å². The van der Waals surface area contributed by atoms with E-state index in [0.29, 0.717) is 30.9 Å². The number of nitrogens with one attached hydrogen (secondary N) is 1. The van der Waals surface area contributed by atoms with Crippen LogP contribution in [0.5, 0.6) is 0 Å². The maximum Gasteiger partial charge on any atom is 0.226 e. The topological polar surface area (TPSA) is 62.1 Å². The number of amides is 1. The van der Waals surface area contributed by atoms with E-state index in [2.05, 4.69) is 5.32 Å². The van der Waals surface area contributed by atoms with Crippen LogP contribution in [0.3, 0.4) is 0 Å². The summed E-state index contributed by atoms with van der Waals surface area (Å²) in [5.74, 6) is -0.0780. The number of carbonyl (C=O) groups excluding carboxylic acids is 1. The van der Waals surface area contributed by atoms with Crippen molar-refractivity contribution in [2.75, 3.05) is 18.5 Å². The Morgan fingerprint density at radius 1 is 1.35 bits per heavy atom. The molecule has 0 aliphatic heterocycles. The van der Waals surface area contributed by atoms with Crippen molar-refractivity contribution in [2.45, 2.75) is 19.8 Å². The molecule has 0 atom stereocenters. The molecule has 4 heteroatoms. The molecule has 90 valence electrons. The normalized spacial score (nSPS) is 9.65. The SMILES string of the molecule is CCCOCCC(=O)Nc1ccc(C#N)cc1. The van der Waals surface area contributed by atoms with Crippen LogP contribution >= 0.6 is 0 Å². The molecular weight excluding hydrogens is 216 g/mol. The van der Waals surface area contributed by atoms with Gasteiger partial charge in [-0.05, 0) is 30.7 Å². The fraction of sp³-hybridized carbons (Fsp3) is 0.385.